The van der Waals surface area contributed by atoms with Crippen LogP contribution in [0.5, 0.6) is 0 Å². The van der Waals surface area contributed by atoms with Gasteiger partial charge in [0.05, 0.1) is 23.8 Å². The van der Waals surface area contributed by atoms with Crippen LogP contribution in [0.15, 0.2) is 48.8 Å². The Kier molecular flexibility index (Phi) is 5.03. The fourth-order valence-electron chi connectivity index (χ4n) is 3.88. The predicted molar refractivity (Wildman–Crippen MR) is 109 cm³/mol. The number of anilines is 1. The van der Waals surface area contributed by atoms with Crippen LogP contribution in [0, 0.1) is 5.82 Å². The Morgan fingerprint density at radius 3 is 2.54 bits per heavy atom. The van der Waals surface area contributed by atoms with Crippen molar-refractivity contribution >= 4 is 22.6 Å². The number of hydrogen-bond acceptors (Lipinski definition) is 3. The van der Waals surface area contributed by atoms with Crippen molar-refractivity contribution in [3.05, 3.63) is 60.2 Å². The van der Waals surface area contributed by atoms with E-state index < -0.39 is 0 Å². The van der Waals surface area contributed by atoms with Crippen LogP contribution in [0.2, 0.25) is 0 Å². The third-order valence-electron chi connectivity index (χ3n) is 5.56. The second-order valence-corrected chi connectivity index (χ2v) is 7.63. The molecule has 5 nitrogen and oxygen atoms in total. The van der Waals surface area contributed by atoms with Gasteiger partial charge in [0.25, 0.3) is 0 Å². The minimum absolute atomic E-state index is 0.164. The molecule has 0 atom stereocenters. The van der Waals surface area contributed by atoms with E-state index >= 15 is 0 Å². The van der Waals surface area contributed by atoms with Gasteiger partial charge in [-0.3, -0.25) is 4.79 Å². The number of halogens is 1. The fourth-order valence-corrected chi connectivity index (χ4v) is 3.88. The lowest BCUT2D eigenvalue weighted by molar-refractivity contribution is -0.131. The van der Waals surface area contributed by atoms with Gasteiger partial charge in [-0.05, 0) is 48.7 Å². The molecular formula is C22H25FN4O. The van der Waals surface area contributed by atoms with Crippen molar-refractivity contribution in [3.63, 3.8) is 0 Å². The maximum absolute atomic E-state index is 13.6. The molecule has 0 spiro atoms. The van der Waals surface area contributed by atoms with Crippen LogP contribution in [0.4, 0.5) is 10.1 Å². The molecule has 0 bridgehead atoms. The van der Waals surface area contributed by atoms with Gasteiger partial charge < -0.3 is 14.4 Å². The van der Waals surface area contributed by atoms with Gasteiger partial charge in [0.15, 0.2) is 0 Å². The Bertz CT molecular complexity index is 972. The summed E-state index contributed by atoms with van der Waals surface area (Å²) >= 11 is 0. The molecule has 1 aliphatic rings. The summed E-state index contributed by atoms with van der Waals surface area (Å²) in [6, 6.07) is 13.1. The van der Waals surface area contributed by atoms with Crippen LogP contribution in [-0.4, -0.2) is 47.5 Å². The molecule has 2 heterocycles. The summed E-state index contributed by atoms with van der Waals surface area (Å²) in [5, 5.41) is 0. The number of likely N-dealkylation sites (tertiary alicyclic amines) is 1. The average Bonchev–Trinajstić information content (AvgIpc) is 3.11. The number of piperidine rings is 1. The van der Waals surface area contributed by atoms with Crippen molar-refractivity contribution in [1.29, 1.82) is 0 Å². The first-order chi connectivity index (χ1) is 13.5. The molecule has 1 aliphatic heterocycles. The molecule has 146 valence electrons. The number of hydrogen-bond donors (Lipinski definition) is 0. The van der Waals surface area contributed by atoms with Crippen molar-refractivity contribution in [1.82, 2.24) is 14.5 Å². The van der Waals surface area contributed by atoms with Crippen LogP contribution >= 0.6 is 0 Å². The molecule has 2 aromatic carbocycles. The quantitative estimate of drug-likeness (QED) is 0.694. The molecule has 4 rings (SSSR count). The monoisotopic (exact) mass is 380 g/mol. The summed E-state index contributed by atoms with van der Waals surface area (Å²) in [6.07, 6.45) is 3.93. The zero-order valence-electron chi connectivity index (χ0n) is 16.3. The highest BCUT2D eigenvalue weighted by molar-refractivity contribution is 5.79. The van der Waals surface area contributed by atoms with Crippen LogP contribution < -0.4 is 4.90 Å². The van der Waals surface area contributed by atoms with Crippen molar-refractivity contribution in [2.24, 2.45) is 0 Å². The van der Waals surface area contributed by atoms with E-state index in [0.29, 0.717) is 19.5 Å². The first-order valence-electron chi connectivity index (χ1n) is 9.67. The van der Waals surface area contributed by atoms with Crippen LogP contribution in [0.25, 0.3) is 11.0 Å². The Labute approximate surface area is 164 Å². The molecule has 6 heteroatoms. The molecule has 0 radical (unpaired) electrons. The SMILES string of the molecule is CN(C)c1ccc(CC(=O)N2CCC(n3cnc4ccc(F)cc43)CC2)cc1. The second kappa shape index (κ2) is 7.62. The number of carbonyl (C=O) groups excluding carboxylic acids is 1. The molecule has 1 aromatic heterocycles. The summed E-state index contributed by atoms with van der Waals surface area (Å²) in [5.41, 5.74) is 3.79. The highest BCUT2D eigenvalue weighted by Crippen LogP contribution is 2.27. The second-order valence-electron chi connectivity index (χ2n) is 7.63. The summed E-state index contributed by atoms with van der Waals surface area (Å²) in [6.45, 7) is 1.43. The number of carbonyl (C=O) groups is 1. The summed E-state index contributed by atoms with van der Waals surface area (Å²) in [7, 11) is 4.00. The Morgan fingerprint density at radius 2 is 1.86 bits per heavy atom. The Hall–Kier alpha value is -2.89. The number of rotatable bonds is 4. The largest absolute Gasteiger partial charge is 0.378 e. The number of fused-ring (bicyclic) bond motifs is 1. The third-order valence-corrected chi connectivity index (χ3v) is 5.56. The number of nitrogens with zero attached hydrogens (tertiary/aromatic N) is 4. The number of amides is 1. The van der Waals surface area contributed by atoms with Crippen molar-refractivity contribution < 1.29 is 9.18 Å². The van der Waals surface area contributed by atoms with Gasteiger partial charge in [0.2, 0.25) is 5.91 Å². The molecule has 28 heavy (non-hydrogen) atoms. The number of aromatic nitrogens is 2. The maximum atomic E-state index is 13.6. The average molecular weight is 380 g/mol. The number of imidazole rings is 1. The molecule has 0 aliphatic carbocycles. The molecule has 0 saturated carbocycles. The van der Waals surface area contributed by atoms with Crippen molar-refractivity contribution in [3.8, 4) is 0 Å². The minimum atomic E-state index is -0.248. The highest BCUT2D eigenvalue weighted by Gasteiger charge is 2.24. The van der Waals surface area contributed by atoms with Gasteiger partial charge in [-0.1, -0.05) is 12.1 Å². The van der Waals surface area contributed by atoms with Gasteiger partial charge in [-0.2, -0.15) is 0 Å². The molecule has 0 unspecified atom stereocenters. The highest BCUT2D eigenvalue weighted by atomic mass is 19.1. The maximum Gasteiger partial charge on any atom is 0.226 e. The zero-order valence-corrected chi connectivity index (χ0v) is 16.3. The van der Waals surface area contributed by atoms with Crippen molar-refractivity contribution in [2.75, 3.05) is 32.1 Å². The van der Waals surface area contributed by atoms with E-state index in [9.17, 15) is 9.18 Å². The first kappa shape index (κ1) is 18.5. The first-order valence-corrected chi connectivity index (χ1v) is 9.67. The Morgan fingerprint density at radius 1 is 1.14 bits per heavy atom. The van der Waals surface area contributed by atoms with Gasteiger partial charge in [-0.25, -0.2) is 9.37 Å². The summed E-state index contributed by atoms with van der Waals surface area (Å²) < 4.78 is 15.7. The van der Waals surface area contributed by atoms with Crippen LogP contribution in [0.3, 0.4) is 0 Å². The fraction of sp³-hybridized carbons (Fsp3) is 0.364. The molecule has 3 aromatic rings. The molecule has 1 fully saturated rings. The zero-order chi connectivity index (χ0) is 19.7. The van der Waals surface area contributed by atoms with E-state index in [1.165, 1.54) is 12.1 Å². The lowest BCUT2D eigenvalue weighted by atomic mass is 10.0. The lowest BCUT2D eigenvalue weighted by Gasteiger charge is -2.33. The van der Waals surface area contributed by atoms with Gasteiger partial charge in [0, 0.05) is 38.9 Å². The van der Waals surface area contributed by atoms with Crippen LogP contribution in [0.1, 0.15) is 24.4 Å². The standard InChI is InChI=1S/C22H25FN4O/c1-25(2)18-6-3-16(4-7-18)13-22(28)26-11-9-19(10-12-26)27-15-24-20-8-5-17(23)14-21(20)27/h3-8,14-15,19H,9-13H2,1-2H3. The molecule has 0 N–H and O–H groups in total. The third kappa shape index (κ3) is 3.72. The summed E-state index contributed by atoms with van der Waals surface area (Å²) in [4.78, 5) is 21.0. The normalized spacial score (nSPS) is 15.2. The topological polar surface area (TPSA) is 41.4 Å². The molecular weight excluding hydrogens is 355 g/mol. The molecule has 1 saturated heterocycles. The Balaban J connectivity index is 1.38. The molecule has 1 amide bonds. The van der Waals surface area contributed by atoms with E-state index in [1.807, 2.05) is 48.2 Å². The van der Waals surface area contributed by atoms with Gasteiger partial charge >= 0.3 is 0 Å². The van der Waals surface area contributed by atoms with E-state index in [1.54, 1.807) is 12.4 Å². The minimum Gasteiger partial charge on any atom is -0.378 e. The van der Waals surface area contributed by atoms with E-state index in [4.69, 9.17) is 0 Å². The summed E-state index contributed by atoms with van der Waals surface area (Å²) in [5.74, 6) is -0.0836. The van der Waals surface area contributed by atoms with Gasteiger partial charge in [-0.15, -0.1) is 0 Å². The van der Waals surface area contributed by atoms with E-state index in [-0.39, 0.29) is 17.8 Å². The lowest BCUT2D eigenvalue weighted by Crippen LogP contribution is -2.39. The number of benzene rings is 2. The van der Waals surface area contributed by atoms with Crippen LogP contribution in [-0.2, 0) is 11.2 Å². The predicted octanol–water partition coefficient (Wildman–Crippen LogP) is 3.65. The van der Waals surface area contributed by atoms with E-state index in [2.05, 4.69) is 9.55 Å². The van der Waals surface area contributed by atoms with Crippen molar-refractivity contribution in [2.45, 2.75) is 25.3 Å². The smallest absolute Gasteiger partial charge is 0.226 e. The van der Waals surface area contributed by atoms with E-state index in [0.717, 1.165) is 35.1 Å². The van der Waals surface area contributed by atoms with Gasteiger partial charge in [0.1, 0.15) is 5.82 Å².